The highest BCUT2D eigenvalue weighted by atomic mass is 16.5. The summed E-state index contributed by atoms with van der Waals surface area (Å²) in [5.74, 6) is 0.214. The Hall–Kier alpha value is -2.93. The third kappa shape index (κ3) is 4.67. The zero-order chi connectivity index (χ0) is 20.3. The zero-order valence-electron chi connectivity index (χ0n) is 16.9. The van der Waals surface area contributed by atoms with Gasteiger partial charge in [0, 0.05) is 17.3 Å². The van der Waals surface area contributed by atoms with Gasteiger partial charge in [-0.2, -0.15) is 5.10 Å². The van der Waals surface area contributed by atoms with Crippen molar-refractivity contribution in [1.29, 1.82) is 0 Å². The van der Waals surface area contributed by atoms with Crippen LogP contribution >= 0.6 is 0 Å². The summed E-state index contributed by atoms with van der Waals surface area (Å²) in [6.45, 7) is 10.0. The number of ether oxygens (including phenoxy) is 1. The monoisotopic (exact) mass is 382 g/mol. The van der Waals surface area contributed by atoms with Gasteiger partial charge in [-0.25, -0.2) is 4.68 Å². The van der Waals surface area contributed by atoms with Gasteiger partial charge < -0.3 is 14.6 Å². The predicted octanol–water partition coefficient (Wildman–Crippen LogP) is 3.97. The summed E-state index contributed by atoms with van der Waals surface area (Å²) >= 11 is 0. The van der Waals surface area contributed by atoms with Crippen molar-refractivity contribution >= 4 is 5.91 Å². The summed E-state index contributed by atoms with van der Waals surface area (Å²) in [6.07, 6.45) is 1.78. The van der Waals surface area contributed by atoms with Crippen molar-refractivity contribution in [3.05, 3.63) is 65.3 Å². The minimum atomic E-state index is -0.301. The van der Waals surface area contributed by atoms with Gasteiger partial charge in [0.2, 0.25) is 0 Å². The first kappa shape index (κ1) is 19.8. The molecule has 7 nitrogen and oxygen atoms in total. The molecule has 0 spiro atoms. The van der Waals surface area contributed by atoms with Crippen LogP contribution in [0.1, 0.15) is 61.2 Å². The number of rotatable bonds is 6. The molecule has 0 bridgehead atoms. The van der Waals surface area contributed by atoms with Crippen LogP contribution in [-0.2, 0) is 11.3 Å². The van der Waals surface area contributed by atoms with Crippen molar-refractivity contribution in [3.63, 3.8) is 0 Å². The fourth-order valence-electron chi connectivity index (χ4n) is 2.80. The largest absolute Gasteiger partial charge is 0.368 e. The number of hydrogen-bond acceptors (Lipinski definition) is 5. The highest BCUT2D eigenvalue weighted by Crippen LogP contribution is 2.20. The van der Waals surface area contributed by atoms with Gasteiger partial charge in [-0.15, -0.1) is 0 Å². The Morgan fingerprint density at radius 2 is 2.00 bits per heavy atom. The minimum absolute atomic E-state index is 0.226. The summed E-state index contributed by atoms with van der Waals surface area (Å²) in [7, 11) is 0. The molecule has 148 valence electrons. The van der Waals surface area contributed by atoms with Crippen LogP contribution in [0.2, 0.25) is 0 Å². The van der Waals surface area contributed by atoms with Crippen molar-refractivity contribution in [2.75, 3.05) is 0 Å². The van der Waals surface area contributed by atoms with Gasteiger partial charge in [-0.3, -0.25) is 4.79 Å². The third-order valence-electron chi connectivity index (χ3n) is 4.30. The molecular formula is C21H26N4O3. The van der Waals surface area contributed by atoms with Crippen LogP contribution in [0, 0.1) is 6.92 Å². The molecule has 0 radical (unpaired) electrons. The number of carbonyl (C=O) groups excluding carboxylic acids is 1. The lowest BCUT2D eigenvalue weighted by molar-refractivity contribution is -0.0241. The van der Waals surface area contributed by atoms with Crippen LogP contribution in [-0.4, -0.2) is 26.4 Å². The molecule has 3 rings (SSSR count). The van der Waals surface area contributed by atoms with E-state index in [1.54, 1.807) is 12.3 Å². The molecule has 7 heteroatoms. The van der Waals surface area contributed by atoms with E-state index in [9.17, 15) is 4.79 Å². The smallest absolute Gasteiger partial charge is 0.273 e. The topological polar surface area (TPSA) is 82.2 Å². The van der Waals surface area contributed by atoms with Crippen LogP contribution < -0.4 is 5.32 Å². The standard InChI is InChI=1S/C21H26N4O3/c1-14(18-12-22-25(15(18)2)16-9-7-6-8-10-16)23-20(26)19-11-17(28-24-19)13-27-21(3,4)5/h6-12,14H,13H2,1-5H3,(H,23,26)/t14-/m0/s1. The second-order valence-corrected chi connectivity index (χ2v) is 7.71. The molecule has 2 heterocycles. The Bertz CT molecular complexity index is 938. The molecule has 1 N–H and O–H groups in total. The van der Waals surface area contributed by atoms with E-state index in [0.717, 1.165) is 16.9 Å². The van der Waals surface area contributed by atoms with Gasteiger partial charge in [0.05, 0.1) is 23.5 Å². The number of hydrogen-bond donors (Lipinski definition) is 1. The van der Waals surface area contributed by atoms with E-state index in [0.29, 0.717) is 5.76 Å². The fourth-order valence-corrected chi connectivity index (χ4v) is 2.80. The average Bonchev–Trinajstić information content (AvgIpc) is 3.27. The molecular weight excluding hydrogens is 356 g/mol. The molecule has 0 unspecified atom stereocenters. The number of nitrogens with one attached hydrogen (secondary N) is 1. The van der Waals surface area contributed by atoms with Crippen molar-refractivity contribution < 1.29 is 14.1 Å². The first-order chi connectivity index (χ1) is 13.2. The van der Waals surface area contributed by atoms with E-state index in [2.05, 4.69) is 15.6 Å². The number of amides is 1. The fraction of sp³-hybridized carbons (Fsp3) is 0.381. The number of carbonyl (C=O) groups is 1. The Balaban J connectivity index is 1.67. The highest BCUT2D eigenvalue weighted by molar-refractivity contribution is 5.92. The maximum Gasteiger partial charge on any atom is 0.273 e. The lowest BCUT2D eigenvalue weighted by Gasteiger charge is -2.17. The predicted molar refractivity (Wildman–Crippen MR) is 105 cm³/mol. The SMILES string of the molecule is Cc1c([C@H](C)NC(=O)c2cc(COC(C)(C)C)on2)cnn1-c1ccccc1. The zero-order valence-corrected chi connectivity index (χ0v) is 16.9. The van der Waals surface area contributed by atoms with Crippen LogP contribution in [0.4, 0.5) is 0 Å². The van der Waals surface area contributed by atoms with Crippen molar-refractivity contribution in [2.45, 2.75) is 52.9 Å². The Kier molecular flexibility index (Phi) is 5.65. The first-order valence-corrected chi connectivity index (χ1v) is 9.25. The van der Waals surface area contributed by atoms with Gasteiger partial charge in [0.1, 0.15) is 6.61 Å². The molecule has 0 saturated carbocycles. The number of para-hydroxylation sites is 1. The van der Waals surface area contributed by atoms with Crippen LogP contribution in [0.5, 0.6) is 0 Å². The minimum Gasteiger partial charge on any atom is -0.368 e. The number of aromatic nitrogens is 3. The molecule has 2 aromatic heterocycles. The first-order valence-electron chi connectivity index (χ1n) is 9.25. The summed E-state index contributed by atoms with van der Waals surface area (Å²) in [4.78, 5) is 12.5. The molecule has 1 atom stereocenters. The van der Waals surface area contributed by atoms with Gasteiger partial charge in [0.25, 0.3) is 5.91 Å². The molecule has 0 aliphatic carbocycles. The van der Waals surface area contributed by atoms with E-state index >= 15 is 0 Å². The molecule has 0 aliphatic heterocycles. The second-order valence-electron chi connectivity index (χ2n) is 7.71. The van der Waals surface area contributed by atoms with E-state index in [1.807, 2.05) is 69.6 Å². The van der Waals surface area contributed by atoms with Crippen LogP contribution in [0.25, 0.3) is 5.69 Å². The maximum absolute atomic E-state index is 12.5. The molecule has 3 aromatic rings. The molecule has 0 fully saturated rings. The summed E-state index contributed by atoms with van der Waals surface area (Å²) < 4.78 is 12.7. The van der Waals surface area contributed by atoms with Gasteiger partial charge in [-0.05, 0) is 46.8 Å². The van der Waals surface area contributed by atoms with Crippen LogP contribution in [0.15, 0.2) is 47.1 Å². The van der Waals surface area contributed by atoms with Crippen LogP contribution in [0.3, 0.4) is 0 Å². The van der Waals surface area contributed by atoms with Crippen molar-refractivity contribution in [3.8, 4) is 5.69 Å². The van der Waals surface area contributed by atoms with E-state index < -0.39 is 0 Å². The molecule has 0 saturated heterocycles. The molecule has 1 aromatic carbocycles. The van der Waals surface area contributed by atoms with Gasteiger partial charge in [-0.1, -0.05) is 23.4 Å². The lowest BCUT2D eigenvalue weighted by atomic mass is 10.1. The Labute approximate surface area is 164 Å². The molecule has 0 aliphatic rings. The highest BCUT2D eigenvalue weighted by Gasteiger charge is 2.20. The van der Waals surface area contributed by atoms with Crippen molar-refractivity contribution in [1.82, 2.24) is 20.3 Å². The maximum atomic E-state index is 12.5. The Morgan fingerprint density at radius 1 is 1.29 bits per heavy atom. The summed E-state index contributed by atoms with van der Waals surface area (Å²) in [5.41, 5.74) is 2.83. The van der Waals surface area contributed by atoms with Gasteiger partial charge in [0.15, 0.2) is 11.5 Å². The third-order valence-corrected chi connectivity index (χ3v) is 4.30. The molecule has 1 amide bonds. The normalized spacial score (nSPS) is 12.8. The van der Waals surface area contributed by atoms with E-state index in [1.165, 1.54) is 0 Å². The Morgan fingerprint density at radius 3 is 2.68 bits per heavy atom. The average molecular weight is 382 g/mol. The summed E-state index contributed by atoms with van der Waals surface area (Å²) in [5, 5.41) is 11.3. The van der Waals surface area contributed by atoms with E-state index in [4.69, 9.17) is 9.26 Å². The van der Waals surface area contributed by atoms with E-state index in [-0.39, 0.29) is 29.9 Å². The summed E-state index contributed by atoms with van der Waals surface area (Å²) in [6, 6.07) is 11.3. The quantitative estimate of drug-likeness (QED) is 0.697. The number of benzene rings is 1. The number of nitrogens with zero attached hydrogens (tertiary/aromatic N) is 3. The van der Waals surface area contributed by atoms with Gasteiger partial charge >= 0.3 is 0 Å². The lowest BCUT2D eigenvalue weighted by Crippen LogP contribution is -2.27. The molecule has 28 heavy (non-hydrogen) atoms. The second kappa shape index (κ2) is 7.98. The van der Waals surface area contributed by atoms with Crippen molar-refractivity contribution in [2.24, 2.45) is 0 Å².